The molecule has 0 spiro atoms. The molecule has 3 nitrogen and oxygen atoms in total. The summed E-state index contributed by atoms with van der Waals surface area (Å²) in [5, 5.41) is 0. The summed E-state index contributed by atoms with van der Waals surface area (Å²) < 4.78 is 27.9. The Hall–Kier alpha value is -1.78. The highest BCUT2D eigenvalue weighted by Gasteiger charge is 2.28. The number of pyridine rings is 1. The van der Waals surface area contributed by atoms with Gasteiger partial charge in [0, 0.05) is 26.2 Å². The largest absolute Gasteiger partial charge is 0.306 e. The number of carbonyl (C=O) groups is 1. The highest BCUT2D eigenvalue weighted by Crippen LogP contribution is 2.29. The van der Waals surface area contributed by atoms with Crippen LogP contribution in [-0.4, -0.2) is 15.2 Å². The predicted octanol–water partition coefficient (Wildman–Crippen LogP) is 2.65. The molecule has 0 atom stereocenters. The highest BCUT2D eigenvalue weighted by molar-refractivity contribution is 5.92. The van der Waals surface area contributed by atoms with E-state index in [2.05, 4.69) is 4.98 Å². The van der Waals surface area contributed by atoms with Crippen molar-refractivity contribution in [1.29, 1.82) is 0 Å². The molecular formula is C11H10F2N2O. The van der Waals surface area contributed by atoms with Gasteiger partial charge in [-0.1, -0.05) is 0 Å². The van der Waals surface area contributed by atoms with Crippen molar-refractivity contribution < 1.29 is 13.6 Å². The van der Waals surface area contributed by atoms with E-state index in [0.717, 1.165) is 6.92 Å². The van der Waals surface area contributed by atoms with Crippen LogP contribution in [-0.2, 0) is 5.92 Å². The standard InChI is InChI=1S/C11H10F2N2O/c1-7(16)9-6-15-5-3-4-8(10(15)14-9)11(2,12)13/h3-6H,1-2H3. The Kier molecular flexibility index (Phi) is 2.26. The van der Waals surface area contributed by atoms with E-state index in [0.29, 0.717) is 0 Å². The fourth-order valence-electron chi connectivity index (χ4n) is 1.53. The van der Waals surface area contributed by atoms with Crippen molar-refractivity contribution in [3.05, 3.63) is 35.8 Å². The molecule has 0 bridgehead atoms. The van der Waals surface area contributed by atoms with Gasteiger partial charge in [-0.25, -0.2) is 13.8 Å². The summed E-state index contributed by atoms with van der Waals surface area (Å²) in [5.74, 6) is -3.21. The molecule has 0 aliphatic carbocycles. The Balaban J connectivity index is 2.73. The second-order valence-electron chi connectivity index (χ2n) is 3.72. The third-order valence-corrected chi connectivity index (χ3v) is 2.32. The van der Waals surface area contributed by atoms with Crippen molar-refractivity contribution in [1.82, 2.24) is 9.38 Å². The topological polar surface area (TPSA) is 34.4 Å². The van der Waals surface area contributed by atoms with Crippen molar-refractivity contribution in [2.24, 2.45) is 0 Å². The lowest BCUT2D eigenvalue weighted by molar-refractivity contribution is 0.0185. The number of hydrogen-bond acceptors (Lipinski definition) is 2. The third kappa shape index (κ3) is 1.68. The summed E-state index contributed by atoms with van der Waals surface area (Å²) in [6.07, 6.45) is 3.04. The van der Waals surface area contributed by atoms with Gasteiger partial charge in [-0.05, 0) is 12.1 Å². The number of hydrogen-bond donors (Lipinski definition) is 0. The van der Waals surface area contributed by atoms with E-state index in [1.54, 1.807) is 6.20 Å². The second kappa shape index (κ2) is 3.37. The molecule has 0 unspecified atom stereocenters. The Morgan fingerprint density at radius 2 is 2.19 bits per heavy atom. The van der Waals surface area contributed by atoms with E-state index < -0.39 is 5.92 Å². The first-order valence-corrected chi connectivity index (χ1v) is 4.76. The summed E-state index contributed by atoms with van der Waals surface area (Å²) in [4.78, 5) is 15.0. The van der Waals surface area contributed by atoms with Gasteiger partial charge in [0.05, 0.1) is 5.56 Å². The van der Waals surface area contributed by atoms with Crippen LogP contribution in [0.1, 0.15) is 29.9 Å². The lowest BCUT2D eigenvalue weighted by Gasteiger charge is -2.10. The number of nitrogens with zero attached hydrogens (tertiary/aromatic N) is 2. The lowest BCUT2D eigenvalue weighted by Crippen LogP contribution is -2.09. The van der Waals surface area contributed by atoms with Crippen molar-refractivity contribution in [2.75, 3.05) is 0 Å². The van der Waals surface area contributed by atoms with Gasteiger partial charge in [-0.3, -0.25) is 4.79 Å². The van der Waals surface area contributed by atoms with E-state index in [1.165, 1.54) is 29.7 Å². The van der Waals surface area contributed by atoms with Crippen LogP contribution in [0.2, 0.25) is 0 Å². The minimum Gasteiger partial charge on any atom is -0.306 e. The molecule has 2 rings (SSSR count). The van der Waals surface area contributed by atoms with Crippen LogP contribution in [0, 0.1) is 0 Å². The molecule has 0 N–H and O–H groups in total. The van der Waals surface area contributed by atoms with Crippen molar-refractivity contribution in [3.63, 3.8) is 0 Å². The Bertz CT molecular complexity index is 555. The second-order valence-corrected chi connectivity index (χ2v) is 3.72. The molecule has 0 radical (unpaired) electrons. The molecule has 84 valence electrons. The lowest BCUT2D eigenvalue weighted by atomic mass is 10.1. The third-order valence-electron chi connectivity index (χ3n) is 2.32. The van der Waals surface area contributed by atoms with Gasteiger partial charge in [0.2, 0.25) is 0 Å². The zero-order valence-electron chi connectivity index (χ0n) is 8.87. The van der Waals surface area contributed by atoms with Gasteiger partial charge in [0.1, 0.15) is 11.3 Å². The van der Waals surface area contributed by atoms with Crippen molar-refractivity contribution in [3.8, 4) is 0 Å². The molecule has 0 saturated carbocycles. The molecule has 0 aliphatic heterocycles. The van der Waals surface area contributed by atoms with Gasteiger partial charge < -0.3 is 4.40 Å². The first kappa shape index (κ1) is 10.7. The fraction of sp³-hybridized carbons (Fsp3) is 0.273. The quantitative estimate of drug-likeness (QED) is 0.735. The van der Waals surface area contributed by atoms with Gasteiger partial charge in [-0.15, -0.1) is 0 Å². The molecule has 2 heterocycles. The normalized spacial score (nSPS) is 12.0. The molecule has 2 aromatic rings. The molecule has 0 fully saturated rings. The van der Waals surface area contributed by atoms with Crippen LogP contribution in [0.3, 0.4) is 0 Å². The van der Waals surface area contributed by atoms with Gasteiger partial charge in [0.15, 0.2) is 5.78 Å². The van der Waals surface area contributed by atoms with Crippen molar-refractivity contribution >= 4 is 11.4 Å². The van der Waals surface area contributed by atoms with E-state index in [9.17, 15) is 13.6 Å². The maximum atomic E-state index is 13.3. The predicted molar refractivity (Wildman–Crippen MR) is 54.8 cm³/mol. The number of halogens is 2. The monoisotopic (exact) mass is 224 g/mol. The molecule has 2 aromatic heterocycles. The molecule has 0 amide bonds. The minimum absolute atomic E-state index is 0.125. The number of carbonyl (C=O) groups excluding carboxylic acids is 1. The summed E-state index contributed by atoms with van der Waals surface area (Å²) in [5.41, 5.74) is 0.138. The first-order valence-electron chi connectivity index (χ1n) is 4.76. The van der Waals surface area contributed by atoms with Crippen LogP contribution in [0.15, 0.2) is 24.5 Å². The first-order chi connectivity index (χ1) is 7.39. The summed E-state index contributed by atoms with van der Waals surface area (Å²) in [6, 6.07) is 2.82. The van der Waals surface area contributed by atoms with Crippen LogP contribution in [0.4, 0.5) is 8.78 Å². The molecular weight excluding hydrogens is 214 g/mol. The Morgan fingerprint density at radius 1 is 1.50 bits per heavy atom. The molecule has 0 saturated heterocycles. The highest BCUT2D eigenvalue weighted by atomic mass is 19.3. The average molecular weight is 224 g/mol. The number of imidazole rings is 1. The number of ketones is 1. The van der Waals surface area contributed by atoms with Crippen LogP contribution in [0.5, 0.6) is 0 Å². The summed E-state index contributed by atoms with van der Waals surface area (Å²) >= 11 is 0. The molecule has 16 heavy (non-hydrogen) atoms. The number of fused-ring (bicyclic) bond motifs is 1. The fourth-order valence-corrected chi connectivity index (χ4v) is 1.53. The van der Waals surface area contributed by atoms with Crippen LogP contribution >= 0.6 is 0 Å². The molecule has 5 heteroatoms. The maximum Gasteiger partial charge on any atom is 0.274 e. The maximum absolute atomic E-state index is 13.3. The summed E-state index contributed by atoms with van der Waals surface area (Å²) in [6.45, 7) is 2.16. The zero-order valence-corrected chi connectivity index (χ0v) is 8.87. The van der Waals surface area contributed by atoms with Crippen molar-refractivity contribution in [2.45, 2.75) is 19.8 Å². The van der Waals surface area contributed by atoms with Gasteiger partial charge >= 0.3 is 0 Å². The van der Waals surface area contributed by atoms with E-state index >= 15 is 0 Å². The van der Waals surface area contributed by atoms with E-state index in [4.69, 9.17) is 0 Å². The van der Waals surface area contributed by atoms with Crippen LogP contribution in [0.25, 0.3) is 5.65 Å². The van der Waals surface area contributed by atoms with Gasteiger partial charge in [-0.2, -0.15) is 0 Å². The number of alkyl halides is 2. The smallest absolute Gasteiger partial charge is 0.274 e. The molecule has 0 aliphatic rings. The minimum atomic E-state index is -2.97. The number of Topliss-reactive ketones (excluding diaryl/α,β-unsaturated/α-hetero) is 1. The number of aromatic nitrogens is 2. The van der Waals surface area contributed by atoms with Crippen LogP contribution < -0.4 is 0 Å². The van der Waals surface area contributed by atoms with Gasteiger partial charge in [0.25, 0.3) is 5.92 Å². The number of rotatable bonds is 2. The SMILES string of the molecule is CC(=O)c1cn2cccc(C(C)(F)F)c2n1. The van der Waals surface area contributed by atoms with E-state index in [-0.39, 0.29) is 22.7 Å². The Morgan fingerprint density at radius 3 is 2.75 bits per heavy atom. The summed E-state index contributed by atoms with van der Waals surface area (Å²) in [7, 11) is 0. The Labute approximate surface area is 90.7 Å². The zero-order chi connectivity index (χ0) is 11.9. The average Bonchev–Trinajstić information content (AvgIpc) is 2.58. The molecule has 0 aromatic carbocycles. The van der Waals surface area contributed by atoms with E-state index in [1.807, 2.05) is 0 Å².